The van der Waals surface area contributed by atoms with Crippen molar-refractivity contribution in [3.8, 4) is 0 Å². The van der Waals surface area contributed by atoms with E-state index in [1.165, 1.54) is 0 Å². The van der Waals surface area contributed by atoms with Gasteiger partial charge in [0.15, 0.2) is 0 Å². The van der Waals surface area contributed by atoms with Gasteiger partial charge >= 0.3 is 5.97 Å². The van der Waals surface area contributed by atoms with Crippen LogP contribution in [-0.4, -0.2) is 73.1 Å². The molecule has 130 valence electrons. The minimum atomic E-state index is -3.10. The molecule has 0 bridgehead atoms. The van der Waals surface area contributed by atoms with E-state index in [9.17, 15) is 13.2 Å². The summed E-state index contributed by atoms with van der Waals surface area (Å²) in [6.07, 6.45) is 1.14. The zero-order valence-electron chi connectivity index (χ0n) is 13.4. The summed E-state index contributed by atoms with van der Waals surface area (Å²) in [6, 6.07) is 0. The van der Waals surface area contributed by atoms with Gasteiger partial charge in [0.2, 0.25) is 10.0 Å². The second kappa shape index (κ2) is 12.5. The highest BCUT2D eigenvalue weighted by atomic mass is 32.2. The van der Waals surface area contributed by atoms with Crippen LogP contribution in [-0.2, 0) is 19.6 Å². The molecule has 0 unspecified atom stereocenters. The Morgan fingerprint density at radius 1 is 0.955 bits per heavy atom. The van der Waals surface area contributed by atoms with Crippen LogP contribution in [0.3, 0.4) is 0 Å². The van der Waals surface area contributed by atoms with Crippen molar-refractivity contribution < 1.29 is 17.9 Å². The SMILES string of the molecule is C=C(C)C(=O)OCCNCCNCCNCCNS(C)(=O)=O. The Bertz CT molecular complexity index is 426. The number of esters is 1. The Balaban J connectivity index is 3.18. The minimum absolute atomic E-state index is 0.334. The molecule has 0 aliphatic rings. The van der Waals surface area contributed by atoms with Crippen LogP contribution in [0.25, 0.3) is 0 Å². The van der Waals surface area contributed by atoms with E-state index in [0.717, 1.165) is 32.4 Å². The predicted molar refractivity (Wildman–Crippen MR) is 87.2 cm³/mol. The van der Waals surface area contributed by atoms with Crippen LogP contribution in [0.4, 0.5) is 0 Å². The molecular weight excluding hydrogens is 308 g/mol. The molecule has 0 atom stereocenters. The van der Waals surface area contributed by atoms with E-state index < -0.39 is 10.0 Å². The Morgan fingerprint density at radius 3 is 1.86 bits per heavy atom. The Morgan fingerprint density at radius 2 is 1.41 bits per heavy atom. The van der Waals surface area contributed by atoms with Gasteiger partial charge in [-0.05, 0) is 6.92 Å². The van der Waals surface area contributed by atoms with Gasteiger partial charge in [0, 0.05) is 51.4 Å². The number of hydrogen-bond donors (Lipinski definition) is 4. The van der Waals surface area contributed by atoms with Crippen molar-refractivity contribution in [3.05, 3.63) is 12.2 Å². The third-order valence-corrected chi connectivity index (χ3v) is 3.21. The molecular formula is C13H28N4O4S. The van der Waals surface area contributed by atoms with E-state index in [2.05, 4.69) is 27.3 Å². The fourth-order valence-electron chi connectivity index (χ4n) is 1.39. The summed E-state index contributed by atoms with van der Waals surface area (Å²) < 4.78 is 28.9. The maximum Gasteiger partial charge on any atom is 0.333 e. The maximum absolute atomic E-state index is 11.1. The molecule has 0 fully saturated rings. The number of sulfonamides is 1. The first-order valence-electron chi connectivity index (χ1n) is 7.22. The van der Waals surface area contributed by atoms with Gasteiger partial charge in [-0.1, -0.05) is 6.58 Å². The Labute approximate surface area is 133 Å². The fraction of sp³-hybridized carbons (Fsp3) is 0.769. The zero-order chi connectivity index (χ0) is 16.8. The summed E-state index contributed by atoms with van der Waals surface area (Å²) in [7, 11) is -3.10. The highest BCUT2D eigenvalue weighted by Gasteiger charge is 2.01. The molecule has 0 aliphatic heterocycles. The van der Waals surface area contributed by atoms with E-state index in [4.69, 9.17) is 4.74 Å². The molecule has 0 aromatic carbocycles. The zero-order valence-corrected chi connectivity index (χ0v) is 14.2. The molecule has 0 spiro atoms. The molecule has 8 nitrogen and oxygen atoms in total. The number of rotatable bonds is 14. The lowest BCUT2D eigenvalue weighted by Gasteiger charge is -2.08. The van der Waals surface area contributed by atoms with Gasteiger partial charge < -0.3 is 20.7 Å². The van der Waals surface area contributed by atoms with E-state index in [0.29, 0.717) is 31.8 Å². The van der Waals surface area contributed by atoms with Gasteiger partial charge in [0.1, 0.15) is 6.61 Å². The predicted octanol–water partition coefficient (Wildman–Crippen LogP) is -1.58. The van der Waals surface area contributed by atoms with E-state index >= 15 is 0 Å². The first kappa shape index (κ1) is 21.0. The van der Waals surface area contributed by atoms with Crippen LogP contribution >= 0.6 is 0 Å². The molecule has 0 aromatic heterocycles. The molecule has 0 aromatic rings. The number of carbonyl (C=O) groups excluding carboxylic acids is 1. The lowest BCUT2D eigenvalue weighted by atomic mass is 10.4. The van der Waals surface area contributed by atoms with Crippen molar-refractivity contribution in [2.24, 2.45) is 0 Å². The van der Waals surface area contributed by atoms with Crippen molar-refractivity contribution in [2.45, 2.75) is 6.92 Å². The van der Waals surface area contributed by atoms with E-state index in [1.807, 2.05) is 0 Å². The Kier molecular flexibility index (Phi) is 12.0. The van der Waals surface area contributed by atoms with Crippen LogP contribution in [0, 0.1) is 0 Å². The molecule has 0 radical (unpaired) electrons. The van der Waals surface area contributed by atoms with Crippen LogP contribution in [0.1, 0.15) is 6.92 Å². The standard InChI is InChI=1S/C13H28N4O4S/c1-12(2)13(18)21-11-10-16-7-6-14-4-5-15-8-9-17-22(3,19)20/h14-17H,1,4-11H2,2-3H3. The van der Waals surface area contributed by atoms with Gasteiger partial charge in [-0.3, -0.25) is 0 Å². The molecule has 4 N–H and O–H groups in total. The van der Waals surface area contributed by atoms with Gasteiger partial charge in [0.25, 0.3) is 0 Å². The topological polar surface area (TPSA) is 109 Å². The molecule has 0 saturated carbocycles. The molecule has 0 saturated heterocycles. The van der Waals surface area contributed by atoms with E-state index in [-0.39, 0.29) is 5.97 Å². The Hall–Kier alpha value is -1.00. The summed E-state index contributed by atoms with van der Waals surface area (Å²) in [5, 5.41) is 9.48. The van der Waals surface area contributed by atoms with Gasteiger partial charge in [0.05, 0.1) is 6.26 Å². The summed E-state index contributed by atoms with van der Waals surface area (Å²) in [5.41, 5.74) is 0.404. The average molecular weight is 336 g/mol. The van der Waals surface area contributed by atoms with Crippen LogP contribution < -0.4 is 20.7 Å². The molecule has 9 heteroatoms. The summed E-state index contributed by atoms with van der Waals surface area (Å²) in [6.45, 7) is 10.2. The van der Waals surface area contributed by atoms with Crippen LogP contribution in [0.15, 0.2) is 12.2 Å². The largest absolute Gasteiger partial charge is 0.461 e. The van der Waals surface area contributed by atoms with Crippen molar-refractivity contribution >= 4 is 16.0 Å². The highest BCUT2D eigenvalue weighted by molar-refractivity contribution is 7.88. The highest BCUT2D eigenvalue weighted by Crippen LogP contribution is 1.90. The number of carbonyl (C=O) groups is 1. The monoisotopic (exact) mass is 336 g/mol. The first-order chi connectivity index (χ1) is 10.3. The smallest absolute Gasteiger partial charge is 0.333 e. The quantitative estimate of drug-likeness (QED) is 0.172. The van der Waals surface area contributed by atoms with Crippen molar-refractivity contribution in [1.82, 2.24) is 20.7 Å². The van der Waals surface area contributed by atoms with Crippen molar-refractivity contribution in [2.75, 3.05) is 58.7 Å². The van der Waals surface area contributed by atoms with E-state index in [1.54, 1.807) is 6.92 Å². The number of hydrogen-bond acceptors (Lipinski definition) is 7. The molecule has 0 amide bonds. The molecule has 22 heavy (non-hydrogen) atoms. The van der Waals surface area contributed by atoms with Crippen LogP contribution in [0.5, 0.6) is 0 Å². The van der Waals surface area contributed by atoms with Gasteiger partial charge in [-0.2, -0.15) is 0 Å². The first-order valence-corrected chi connectivity index (χ1v) is 9.11. The lowest BCUT2D eigenvalue weighted by Crippen LogP contribution is -2.36. The summed E-state index contributed by atoms with van der Waals surface area (Å²) in [5.74, 6) is -0.364. The van der Waals surface area contributed by atoms with Crippen molar-refractivity contribution in [3.63, 3.8) is 0 Å². The fourth-order valence-corrected chi connectivity index (χ4v) is 1.87. The minimum Gasteiger partial charge on any atom is -0.461 e. The molecule has 0 aliphatic carbocycles. The maximum atomic E-state index is 11.1. The third kappa shape index (κ3) is 15.4. The van der Waals surface area contributed by atoms with Gasteiger partial charge in [-0.15, -0.1) is 0 Å². The number of ether oxygens (including phenoxy) is 1. The lowest BCUT2D eigenvalue weighted by molar-refractivity contribution is -0.138. The normalized spacial score (nSPS) is 11.4. The molecule has 0 rings (SSSR count). The second-order valence-electron chi connectivity index (χ2n) is 4.83. The third-order valence-electron chi connectivity index (χ3n) is 2.48. The summed E-state index contributed by atoms with van der Waals surface area (Å²) in [4.78, 5) is 11.1. The molecule has 0 heterocycles. The van der Waals surface area contributed by atoms with Gasteiger partial charge in [-0.25, -0.2) is 17.9 Å². The second-order valence-corrected chi connectivity index (χ2v) is 6.67. The summed E-state index contributed by atoms with van der Waals surface area (Å²) >= 11 is 0. The van der Waals surface area contributed by atoms with Crippen LogP contribution in [0.2, 0.25) is 0 Å². The number of nitrogens with one attached hydrogen (secondary N) is 4. The average Bonchev–Trinajstić information content (AvgIpc) is 2.42. The van der Waals surface area contributed by atoms with Crippen molar-refractivity contribution in [1.29, 1.82) is 0 Å².